The number of aliphatic hydroxyl groups is 1. The Morgan fingerprint density at radius 1 is 0.289 bits per heavy atom. The van der Waals surface area contributed by atoms with E-state index in [1.54, 1.807) is 0 Å². The zero-order valence-corrected chi connectivity index (χ0v) is 64.3. The highest BCUT2D eigenvalue weighted by atomic mass is 31.2. The third kappa shape index (κ3) is 71.7. The van der Waals surface area contributed by atoms with Gasteiger partial charge in [0.2, 0.25) is 0 Å². The van der Waals surface area contributed by atoms with Crippen molar-refractivity contribution in [3.63, 3.8) is 0 Å². The number of carbonyl (C=O) groups excluding carboxylic acids is 4. The Bertz CT molecular complexity index is 1940. The summed E-state index contributed by atoms with van der Waals surface area (Å²) in [6, 6.07) is 0. The van der Waals surface area contributed by atoms with E-state index < -0.39 is 97.5 Å². The molecule has 0 aromatic heterocycles. The molecule has 0 aromatic carbocycles. The number of rotatable bonds is 77. The van der Waals surface area contributed by atoms with E-state index in [2.05, 4.69) is 52.0 Å². The standard InChI is InChI=1S/C78H148O17P2/c1-5-9-13-17-21-25-29-31-33-34-35-36-37-38-39-41-43-45-49-53-57-61-65-78(83)95-74(69-89-76(81)63-59-55-51-48-44-42-40-32-30-26-22-18-14-10-6-2)71-93-97(86,87)91-67-72(79)66-90-96(84,85)92-70-73(94-77(82)64-60-56-52-47-28-24-20-16-12-8-4)68-88-75(80)62-58-54-50-46-27-23-19-15-11-7-3/h26,30,32,40,72-74,79H,5-25,27-29,31,33-39,41-71H2,1-4H3,(H,84,85)(H,86,87)/b30-26-,40-32-/t72-,73+,74+/m0/s1. The molecule has 19 heteroatoms. The fourth-order valence-electron chi connectivity index (χ4n) is 11.6. The van der Waals surface area contributed by atoms with Gasteiger partial charge in [-0.25, -0.2) is 9.13 Å². The molecule has 0 saturated carbocycles. The molecule has 0 amide bonds. The highest BCUT2D eigenvalue weighted by molar-refractivity contribution is 7.47. The summed E-state index contributed by atoms with van der Waals surface area (Å²) < 4.78 is 68.5. The lowest BCUT2D eigenvalue weighted by atomic mass is 10.0. The molecule has 0 bridgehead atoms. The molecule has 0 heterocycles. The van der Waals surface area contributed by atoms with Crippen LogP contribution in [0.25, 0.3) is 0 Å². The van der Waals surface area contributed by atoms with Crippen LogP contribution in [0, 0.1) is 0 Å². The number of phosphoric ester groups is 2. The Morgan fingerprint density at radius 2 is 0.495 bits per heavy atom. The molecule has 0 aromatic rings. The molecule has 0 radical (unpaired) electrons. The first-order valence-electron chi connectivity index (χ1n) is 40.1. The van der Waals surface area contributed by atoms with Gasteiger partial charge < -0.3 is 33.8 Å². The quantitative estimate of drug-likeness (QED) is 0.0169. The Kier molecular flexibility index (Phi) is 70.1. The summed E-state index contributed by atoms with van der Waals surface area (Å²) in [7, 11) is -9.92. The summed E-state index contributed by atoms with van der Waals surface area (Å²) in [6.07, 6.45) is 66.1. The van der Waals surface area contributed by atoms with Crippen molar-refractivity contribution < 1.29 is 80.2 Å². The van der Waals surface area contributed by atoms with Crippen LogP contribution in [0.15, 0.2) is 24.3 Å². The number of hydrogen-bond donors (Lipinski definition) is 3. The van der Waals surface area contributed by atoms with Gasteiger partial charge in [-0.15, -0.1) is 0 Å². The summed E-state index contributed by atoms with van der Waals surface area (Å²) in [5.41, 5.74) is 0. The molecule has 0 fully saturated rings. The molecule has 2 unspecified atom stereocenters. The van der Waals surface area contributed by atoms with Gasteiger partial charge in [-0.05, 0) is 51.4 Å². The van der Waals surface area contributed by atoms with Crippen LogP contribution in [0.4, 0.5) is 0 Å². The van der Waals surface area contributed by atoms with Crippen LogP contribution in [0.2, 0.25) is 0 Å². The van der Waals surface area contributed by atoms with E-state index in [1.165, 1.54) is 205 Å². The highest BCUT2D eigenvalue weighted by Gasteiger charge is 2.30. The highest BCUT2D eigenvalue weighted by Crippen LogP contribution is 2.45. The predicted molar refractivity (Wildman–Crippen MR) is 395 cm³/mol. The van der Waals surface area contributed by atoms with Crippen molar-refractivity contribution in [2.24, 2.45) is 0 Å². The van der Waals surface area contributed by atoms with Crippen molar-refractivity contribution >= 4 is 39.5 Å². The van der Waals surface area contributed by atoms with Gasteiger partial charge >= 0.3 is 39.5 Å². The van der Waals surface area contributed by atoms with Gasteiger partial charge in [0, 0.05) is 25.7 Å². The molecule has 0 aliphatic rings. The van der Waals surface area contributed by atoms with Crippen LogP contribution >= 0.6 is 15.6 Å². The van der Waals surface area contributed by atoms with E-state index in [9.17, 15) is 43.2 Å². The third-order valence-corrected chi connectivity index (χ3v) is 19.6. The molecule has 97 heavy (non-hydrogen) atoms. The molecule has 0 saturated heterocycles. The van der Waals surface area contributed by atoms with Crippen LogP contribution < -0.4 is 0 Å². The number of ether oxygens (including phenoxy) is 4. The molecule has 5 atom stereocenters. The Labute approximate surface area is 592 Å². The van der Waals surface area contributed by atoms with Crippen molar-refractivity contribution in [3.05, 3.63) is 24.3 Å². The van der Waals surface area contributed by atoms with Gasteiger partial charge in [-0.1, -0.05) is 341 Å². The van der Waals surface area contributed by atoms with Gasteiger partial charge in [0.25, 0.3) is 0 Å². The Morgan fingerprint density at radius 3 is 0.753 bits per heavy atom. The zero-order chi connectivity index (χ0) is 71.1. The van der Waals surface area contributed by atoms with Crippen LogP contribution in [0.1, 0.15) is 394 Å². The molecular weight excluding hydrogens is 1270 g/mol. The minimum atomic E-state index is -4.96. The lowest BCUT2D eigenvalue weighted by molar-refractivity contribution is -0.161. The number of esters is 4. The summed E-state index contributed by atoms with van der Waals surface area (Å²) in [5, 5.41) is 10.6. The number of hydrogen-bond acceptors (Lipinski definition) is 15. The van der Waals surface area contributed by atoms with E-state index in [0.717, 1.165) is 109 Å². The number of allylic oxidation sites excluding steroid dienone is 4. The number of unbranched alkanes of at least 4 members (excludes halogenated alkanes) is 48. The topological polar surface area (TPSA) is 237 Å². The van der Waals surface area contributed by atoms with Crippen molar-refractivity contribution in [2.45, 2.75) is 412 Å². The molecule has 0 aliphatic carbocycles. The maximum atomic E-state index is 13.1. The average molecular weight is 1420 g/mol. The van der Waals surface area contributed by atoms with Crippen LogP contribution in [-0.2, 0) is 65.4 Å². The van der Waals surface area contributed by atoms with E-state index in [-0.39, 0.29) is 25.7 Å². The molecule has 0 spiro atoms. The van der Waals surface area contributed by atoms with Crippen molar-refractivity contribution in [1.29, 1.82) is 0 Å². The summed E-state index contributed by atoms with van der Waals surface area (Å²) in [6.45, 7) is 4.91. The maximum absolute atomic E-state index is 13.1. The first-order valence-corrected chi connectivity index (χ1v) is 43.1. The summed E-state index contributed by atoms with van der Waals surface area (Å²) in [5.74, 6) is -2.14. The molecule has 17 nitrogen and oxygen atoms in total. The van der Waals surface area contributed by atoms with Crippen LogP contribution in [0.5, 0.6) is 0 Å². The van der Waals surface area contributed by atoms with E-state index in [1.807, 2.05) is 0 Å². The van der Waals surface area contributed by atoms with Crippen molar-refractivity contribution in [2.75, 3.05) is 39.6 Å². The smallest absolute Gasteiger partial charge is 0.462 e. The molecule has 0 rings (SSSR count). The van der Waals surface area contributed by atoms with Gasteiger partial charge in [0.1, 0.15) is 19.3 Å². The zero-order valence-electron chi connectivity index (χ0n) is 62.5. The van der Waals surface area contributed by atoms with Crippen molar-refractivity contribution in [3.8, 4) is 0 Å². The molecular formula is C78H148O17P2. The summed E-state index contributed by atoms with van der Waals surface area (Å²) in [4.78, 5) is 72.7. The monoisotopic (exact) mass is 1420 g/mol. The fraction of sp³-hybridized carbons (Fsp3) is 0.897. The minimum absolute atomic E-state index is 0.102. The van der Waals surface area contributed by atoms with Gasteiger partial charge in [0.15, 0.2) is 12.2 Å². The second-order valence-corrected chi connectivity index (χ2v) is 30.3. The lowest BCUT2D eigenvalue weighted by Gasteiger charge is -2.21. The third-order valence-electron chi connectivity index (χ3n) is 17.7. The fourth-order valence-corrected chi connectivity index (χ4v) is 13.1. The summed E-state index contributed by atoms with van der Waals surface area (Å²) >= 11 is 0. The normalized spacial score (nSPS) is 14.0. The Balaban J connectivity index is 5.20. The van der Waals surface area contributed by atoms with Gasteiger partial charge in [-0.2, -0.15) is 0 Å². The van der Waals surface area contributed by atoms with Gasteiger partial charge in [0.05, 0.1) is 26.4 Å². The maximum Gasteiger partial charge on any atom is 0.472 e. The first kappa shape index (κ1) is 94.5. The van der Waals surface area contributed by atoms with E-state index in [4.69, 9.17) is 37.0 Å². The van der Waals surface area contributed by atoms with Crippen LogP contribution in [0.3, 0.4) is 0 Å². The predicted octanol–water partition coefficient (Wildman–Crippen LogP) is 23.0. The second-order valence-electron chi connectivity index (χ2n) is 27.4. The molecule has 572 valence electrons. The van der Waals surface area contributed by atoms with Gasteiger partial charge in [-0.3, -0.25) is 37.3 Å². The Hall–Kier alpha value is -2.46. The molecule has 3 N–H and O–H groups in total. The average Bonchev–Trinajstić information content (AvgIpc) is 1.41. The molecule has 0 aliphatic heterocycles. The number of phosphoric acid groups is 2. The van der Waals surface area contributed by atoms with Crippen LogP contribution in [-0.4, -0.2) is 96.7 Å². The van der Waals surface area contributed by atoms with Crippen molar-refractivity contribution in [1.82, 2.24) is 0 Å². The lowest BCUT2D eigenvalue weighted by Crippen LogP contribution is -2.30. The number of carbonyl (C=O) groups is 4. The van der Waals surface area contributed by atoms with E-state index >= 15 is 0 Å². The minimum Gasteiger partial charge on any atom is -0.462 e. The second kappa shape index (κ2) is 71.9. The first-order chi connectivity index (χ1) is 47.2. The number of aliphatic hydroxyl groups excluding tert-OH is 1. The largest absolute Gasteiger partial charge is 0.472 e. The SMILES string of the molecule is CCCCCC/C=C\C=C/CCCCCCCC(=O)OC[C@H](COP(=O)(O)OC[C@@H](O)COP(=O)(O)OC[C@@H](COC(=O)CCCCCCCCCCCC)OC(=O)CCCCCCCCCCCC)OC(=O)CCCCCCCCCCCCCCCCCCCCCCCC. The van der Waals surface area contributed by atoms with E-state index in [0.29, 0.717) is 25.7 Å².